The molecule has 0 aliphatic carbocycles. The van der Waals surface area contributed by atoms with Crippen LogP contribution in [0, 0.1) is 11.6 Å². The number of aromatic nitrogens is 1. The van der Waals surface area contributed by atoms with Gasteiger partial charge in [0.1, 0.15) is 21.6 Å². The van der Waals surface area contributed by atoms with Crippen LogP contribution in [0.25, 0.3) is 0 Å². The van der Waals surface area contributed by atoms with Crippen molar-refractivity contribution in [3.05, 3.63) is 57.5 Å². The van der Waals surface area contributed by atoms with Gasteiger partial charge in [0.05, 0.1) is 5.69 Å². The van der Waals surface area contributed by atoms with Gasteiger partial charge in [0.15, 0.2) is 0 Å². The first-order valence-corrected chi connectivity index (χ1v) is 7.02. The molecule has 0 bridgehead atoms. The van der Waals surface area contributed by atoms with Gasteiger partial charge in [-0.2, -0.15) is 0 Å². The second-order valence-corrected chi connectivity index (χ2v) is 5.83. The fraction of sp³-hybridized carbons (Fsp3) is 0. The predicted octanol–water partition coefficient (Wildman–Crippen LogP) is 2.11. The highest BCUT2D eigenvalue weighted by atomic mass is 35.5. The summed E-state index contributed by atoms with van der Waals surface area (Å²) in [6.07, 6.45) is 0.897. The molecule has 2 rings (SSSR count). The Morgan fingerprint density at radius 1 is 1.20 bits per heavy atom. The minimum absolute atomic E-state index is 0.340. The van der Waals surface area contributed by atoms with Crippen LogP contribution in [0.2, 0.25) is 5.02 Å². The molecule has 20 heavy (non-hydrogen) atoms. The molecule has 0 saturated heterocycles. The Morgan fingerprint density at radius 3 is 2.55 bits per heavy atom. The van der Waals surface area contributed by atoms with Crippen LogP contribution in [0.15, 0.2) is 40.2 Å². The van der Waals surface area contributed by atoms with Crippen LogP contribution < -0.4 is 10.3 Å². The van der Waals surface area contributed by atoms with Gasteiger partial charge in [-0.25, -0.2) is 17.2 Å². The summed E-state index contributed by atoms with van der Waals surface area (Å²) in [5.74, 6) is -1.74. The number of H-pyrrole nitrogens is 1. The Hall–Kier alpha value is -1.93. The lowest BCUT2D eigenvalue weighted by molar-refractivity contribution is 0.594. The highest BCUT2D eigenvalue weighted by Crippen LogP contribution is 2.20. The summed E-state index contributed by atoms with van der Waals surface area (Å²) in [6, 6.07) is 3.23. The smallest absolute Gasteiger partial charge is 0.266 e. The van der Waals surface area contributed by atoms with Gasteiger partial charge < -0.3 is 4.98 Å². The first-order valence-electron chi connectivity index (χ1n) is 5.16. The van der Waals surface area contributed by atoms with Crippen LogP contribution in [-0.4, -0.2) is 13.4 Å². The number of nitrogens with one attached hydrogen (secondary N) is 2. The summed E-state index contributed by atoms with van der Waals surface area (Å²) in [4.78, 5) is 12.8. The summed E-state index contributed by atoms with van der Waals surface area (Å²) in [6.45, 7) is 0. The summed E-state index contributed by atoms with van der Waals surface area (Å²) in [5, 5.41) is -0.340. The van der Waals surface area contributed by atoms with Gasteiger partial charge in [-0.15, -0.1) is 0 Å². The van der Waals surface area contributed by atoms with E-state index in [4.69, 9.17) is 11.6 Å². The number of hydrogen-bond donors (Lipinski definition) is 2. The molecule has 0 atom stereocenters. The molecule has 0 radical (unpaired) electrons. The van der Waals surface area contributed by atoms with E-state index in [1.807, 2.05) is 4.72 Å². The highest BCUT2D eigenvalue weighted by Gasteiger charge is 2.18. The van der Waals surface area contributed by atoms with Crippen LogP contribution in [0.4, 0.5) is 14.5 Å². The second-order valence-electron chi connectivity index (χ2n) is 3.74. The molecule has 2 N–H and O–H groups in total. The normalized spacial score (nSPS) is 11.3. The third-order valence-corrected chi connectivity index (χ3v) is 3.94. The number of benzene rings is 1. The van der Waals surface area contributed by atoms with E-state index >= 15 is 0 Å². The zero-order valence-corrected chi connectivity index (χ0v) is 11.2. The van der Waals surface area contributed by atoms with Crippen molar-refractivity contribution < 1.29 is 17.2 Å². The number of hydrogen-bond acceptors (Lipinski definition) is 3. The predicted molar refractivity (Wildman–Crippen MR) is 69.2 cm³/mol. The van der Waals surface area contributed by atoms with Gasteiger partial charge in [-0.3, -0.25) is 9.52 Å². The number of anilines is 1. The molecule has 0 fully saturated rings. The van der Waals surface area contributed by atoms with Crippen LogP contribution in [0.5, 0.6) is 0 Å². The van der Waals surface area contributed by atoms with E-state index in [2.05, 4.69) is 4.98 Å². The molecule has 1 aromatic heterocycles. The molecule has 9 heteroatoms. The zero-order valence-electron chi connectivity index (χ0n) is 9.65. The van der Waals surface area contributed by atoms with Crippen LogP contribution in [-0.2, 0) is 10.0 Å². The molecule has 0 saturated carbocycles. The maximum Gasteiger partial charge on any atom is 0.266 e. The average molecular weight is 321 g/mol. The van der Waals surface area contributed by atoms with Crippen LogP contribution in [0.3, 0.4) is 0 Å². The largest absolute Gasteiger partial charge is 0.326 e. The molecule has 0 aliphatic rings. The highest BCUT2D eigenvalue weighted by molar-refractivity contribution is 7.92. The molecule has 1 aromatic carbocycles. The molecule has 0 spiro atoms. The third kappa shape index (κ3) is 2.97. The lowest BCUT2D eigenvalue weighted by Gasteiger charge is -2.09. The summed E-state index contributed by atoms with van der Waals surface area (Å²) in [7, 11) is -4.20. The Labute approximate surface area is 117 Å². The lowest BCUT2D eigenvalue weighted by Crippen LogP contribution is -2.16. The molecular weight excluding hydrogens is 314 g/mol. The average Bonchev–Trinajstić information content (AvgIpc) is 2.36. The second kappa shape index (κ2) is 5.22. The topological polar surface area (TPSA) is 79.0 Å². The Balaban J connectivity index is 2.43. The first-order chi connectivity index (χ1) is 9.29. The molecule has 0 amide bonds. The molecule has 2 aromatic rings. The maximum atomic E-state index is 13.4. The summed E-state index contributed by atoms with van der Waals surface area (Å²) in [5.41, 5.74) is -1.21. The molecule has 106 valence electrons. The van der Waals surface area contributed by atoms with Gasteiger partial charge in [-0.1, -0.05) is 11.6 Å². The van der Waals surface area contributed by atoms with Crippen molar-refractivity contribution in [3.63, 3.8) is 0 Å². The van der Waals surface area contributed by atoms with E-state index in [1.54, 1.807) is 0 Å². The van der Waals surface area contributed by atoms with E-state index in [0.717, 1.165) is 24.4 Å². The van der Waals surface area contributed by atoms with Gasteiger partial charge in [0.2, 0.25) is 0 Å². The number of sulfonamides is 1. The Bertz CT molecular complexity index is 821. The van der Waals surface area contributed by atoms with Crippen molar-refractivity contribution in [1.82, 2.24) is 4.98 Å². The van der Waals surface area contributed by atoms with E-state index < -0.39 is 32.9 Å². The molecule has 0 unspecified atom stereocenters. The Morgan fingerprint density at radius 2 is 1.90 bits per heavy atom. The van der Waals surface area contributed by atoms with E-state index in [0.29, 0.717) is 6.07 Å². The number of pyridine rings is 1. The minimum atomic E-state index is -4.20. The SMILES string of the molecule is O=c1[nH]cc(S(=O)(=O)Nc2cc(F)ccc2F)cc1Cl. The summed E-state index contributed by atoms with van der Waals surface area (Å²) >= 11 is 5.51. The fourth-order valence-electron chi connectivity index (χ4n) is 1.37. The quantitative estimate of drug-likeness (QED) is 0.909. The van der Waals surface area contributed by atoms with Crippen molar-refractivity contribution in [2.75, 3.05) is 4.72 Å². The number of rotatable bonds is 3. The van der Waals surface area contributed by atoms with Gasteiger partial charge in [0, 0.05) is 12.3 Å². The lowest BCUT2D eigenvalue weighted by atomic mass is 10.3. The van der Waals surface area contributed by atoms with Crippen LogP contribution >= 0.6 is 11.6 Å². The number of halogens is 3. The molecular formula is C11H7ClF2N2O3S. The fourth-order valence-corrected chi connectivity index (χ4v) is 2.66. The van der Waals surface area contributed by atoms with Crippen molar-refractivity contribution >= 4 is 27.3 Å². The zero-order chi connectivity index (χ0) is 14.9. The van der Waals surface area contributed by atoms with Crippen LogP contribution in [0.1, 0.15) is 0 Å². The first kappa shape index (κ1) is 14.5. The maximum absolute atomic E-state index is 13.4. The van der Waals surface area contributed by atoms with E-state index in [-0.39, 0.29) is 9.92 Å². The van der Waals surface area contributed by atoms with E-state index in [1.165, 1.54) is 0 Å². The molecule has 0 aliphatic heterocycles. The van der Waals surface area contributed by atoms with Crippen molar-refractivity contribution in [1.29, 1.82) is 0 Å². The van der Waals surface area contributed by atoms with Crippen molar-refractivity contribution in [2.45, 2.75) is 4.90 Å². The third-order valence-electron chi connectivity index (χ3n) is 2.31. The molecule has 1 heterocycles. The van der Waals surface area contributed by atoms with Crippen molar-refractivity contribution in [3.8, 4) is 0 Å². The van der Waals surface area contributed by atoms with Gasteiger partial charge in [-0.05, 0) is 18.2 Å². The minimum Gasteiger partial charge on any atom is -0.326 e. The Kier molecular flexibility index (Phi) is 3.78. The van der Waals surface area contributed by atoms with Gasteiger partial charge >= 0.3 is 0 Å². The van der Waals surface area contributed by atoms with E-state index in [9.17, 15) is 22.0 Å². The molecule has 5 nitrogen and oxygen atoms in total. The summed E-state index contributed by atoms with van der Waals surface area (Å²) < 4.78 is 52.1. The standard InChI is InChI=1S/C11H7ClF2N2O3S/c12-8-4-7(5-15-11(8)17)20(18,19)16-10-3-6(13)1-2-9(10)14/h1-5,16H,(H,15,17). The van der Waals surface area contributed by atoms with Gasteiger partial charge in [0.25, 0.3) is 15.6 Å². The number of aromatic amines is 1. The monoisotopic (exact) mass is 320 g/mol. The van der Waals surface area contributed by atoms with Crippen molar-refractivity contribution in [2.24, 2.45) is 0 Å².